The number of carbonyl (C=O) groups is 2. The number of sulfonamides is 1. The maximum Gasteiger partial charge on any atom is 0.242 e. The Kier molecular flexibility index (Phi) is 9.58. The van der Waals surface area contributed by atoms with E-state index in [9.17, 15) is 18.0 Å². The number of nitrogens with zero attached hydrogens (tertiary/aromatic N) is 3. The zero-order valence-corrected chi connectivity index (χ0v) is 21.7. The van der Waals surface area contributed by atoms with Gasteiger partial charge in [-0.25, -0.2) is 8.42 Å². The molecule has 0 unspecified atom stereocenters. The Morgan fingerprint density at radius 2 is 1.58 bits per heavy atom. The van der Waals surface area contributed by atoms with E-state index < -0.39 is 28.5 Å². The summed E-state index contributed by atoms with van der Waals surface area (Å²) < 4.78 is 26.1. The molecule has 0 aliphatic heterocycles. The van der Waals surface area contributed by atoms with E-state index in [1.807, 2.05) is 12.1 Å². The molecule has 0 spiro atoms. The van der Waals surface area contributed by atoms with Crippen LogP contribution in [0.4, 0.5) is 0 Å². The standard InChI is InChI=1S/C26H29ClN4O4S/c1-20(26(33)29-16-24-10-6-7-15-28-24)31(18-22-11-13-23(27)14-12-22)25(32)19-30(36(2,34)35)17-21-8-4-3-5-9-21/h3-15,20H,16-19H2,1-2H3,(H,29,33)/t20-/m0/s1. The third-order valence-electron chi connectivity index (χ3n) is 5.59. The Bertz CT molecular complexity index is 1260. The minimum absolute atomic E-state index is 0.0421. The van der Waals surface area contributed by atoms with E-state index in [1.165, 1.54) is 4.90 Å². The highest BCUT2D eigenvalue weighted by Gasteiger charge is 2.30. The van der Waals surface area contributed by atoms with Crippen LogP contribution in [0.5, 0.6) is 0 Å². The van der Waals surface area contributed by atoms with E-state index >= 15 is 0 Å². The molecule has 0 fully saturated rings. The van der Waals surface area contributed by atoms with Gasteiger partial charge < -0.3 is 10.2 Å². The molecule has 1 heterocycles. The van der Waals surface area contributed by atoms with Crippen LogP contribution in [0.15, 0.2) is 79.0 Å². The second kappa shape index (κ2) is 12.6. The Morgan fingerprint density at radius 3 is 2.19 bits per heavy atom. The molecule has 0 saturated carbocycles. The highest BCUT2D eigenvalue weighted by molar-refractivity contribution is 7.88. The summed E-state index contributed by atoms with van der Waals surface area (Å²) in [5.74, 6) is -0.872. The smallest absolute Gasteiger partial charge is 0.242 e. The minimum atomic E-state index is -3.70. The van der Waals surface area contributed by atoms with Gasteiger partial charge in [-0.1, -0.05) is 60.1 Å². The number of aromatic nitrogens is 1. The molecular formula is C26H29ClN4O4S. The number of rotatable bonds is 11. The zero-order chi connectivity index (χ0) is 26.1. The van der Waals surface area contributed by atoms with Gasteiger partial charge in [0.2, 0.25) is 21.8 Å². The molecule has 3 aromatic rings. The van der Waals surface area contributed by atoms with Gasteiger partial charge in [-0.05, 0) is 42.3 Å². The molecule has 2 amide bonds. The molecule has 190 valence electrons. The van der Waals surface area contributed by atoms with E-state index in [-0.39, 0.29) is 25.5 Å². The fraction of sp³-hybridized carbons (Fsp3) is 0.269. The number of hydrogen-bond donors (Lipinski definition) is 1. The Morgan fingerprint density at radius 1 is 0.944 bits per heavy atom. The largest absolute Gasteiger partial charge is 0.349 e. The molecule has 1 N–H and O–H groups in total. The normalized spacial score (nSPS) is 12.2. The molecule has 0 radical (unpaired) electrons. The van der Waals surface area contributed by atoms with E-state index in [4.69, 9.17) is 11.6 Å². The van der Waals surface area contributed by atoms with Crippen LogP contribution in [0.25, 0.3) is 0 Å². The summed E-state index contributed by atoms with van der Waals surface area (Å²) >= 11 is 6.00. The van der Waals surface area contributed by atoms with Crippen LogP contribution in [0.3, 0.4) is 0 Å². The molecule has 3 rings (SSSR count). The van der Waals surface area contributed by atoms with Gasteiger partial charge in [0.05, 0.1) is 25.0 Å². The monoisotopic (exact) mass is 528 g/mol. The molecular weight excluding hydrogens is 500 g/mol. The summed E-state index contributed by atoms with van der Waals surface area (Å²) in [6.45, 7) is 1.57. The number of nitrogens with one attached hydrogen (secondary N) is 1. The summed E-state index contributed by atoms with van der Waals surface area (Å²) in [4.78, 5) is 32.0. The van der Waals surface area contributed by atoms with E-state index in [0.717, 1.165) is 21.7 Å². The van der Waals surface area contributed by atoms with Crippen molar-refractivity contribution >= 4 is 33.4 Å². The van der Waals surface area contributed by atoms with Crippen LogP contribution in [0.2, 0.25) is 5.02 Å². The average molecular weight is 529 g/mol. The van der Waals surface area contributed by atoms with E-state index in [1.54, 1.807) is 73.8 Å². The van der Waals surface area contributed by atoms with Gasteiger partial charge in [0, 0.05) is 24.3 Å². The average Bonchev–Trinajstić information content (AvgIpc) is 2.86. The number of pyridine rings is 1. The van der Waals surface area contributed by atoms with Crippen molar-refractivity contribution in [3.63, 3.8) is 0 Å². The number of hydrogen-bond acceptors (Lipinski definition) is 5. The lowest BCUT2D eigenvalue weighted by atomic mass is 10.1. The quantitative estimate of drug-likeness (QED) is 0.412. The lowest BCUT2D eigenvalue weighted by Gasteiger charge is -2.31. The number of benzene rings is 2. The van der Waals surface area contributed by atoms with Gasteiger partial charge in [-0.15, -0.1) is 0 Å². The van der Waals surface area contributed by atoms with Crippen molar-refractivity contribution in [3.8, 4) is 0 Å². The first-order chi connectivity index (χ1) is 17.1. The third kappa shape index (κ3) is 8.15. The van der Waals surface area contributed by atoms with Crippen molar-refractivity contribution in [1.82, 2.24) is 19.5 Å². The molecule has 0 bridgehead atoms. The summed E-state index contributed by atoms with van der Waals surface area (Å²) in [6, 6.07) is 20.5. The second-order valence-corrected chi connectivity index (χ2v) is 10.8. The van der Waals surface area contributed by atoms with Gasteiger partial charge in [-0.3, -0.25) is 14.6 Å². The van der Waals surface area contributed by atoms with Crippen LogP contribution < -0.4 is 5.32 Å². The Balaban J connectivity index is 1.80. The zero-order valence-electron chi connectivity index (χ0n) is 20.2. The topological polar surface area (TPSA) is 99.7 Å². The third-order valence-corrected chi connectivity index (χ3v) is 7.03. The van der Waals surface area contributed by atoms with Crippen LogP contribution in [0, 0.1) is 0 Å². The Hall–Kier alpha value is -3.27. The molecule has 0 aliphatic carbocycles. The summed E-state index contributed by atoms with van der Waals surface area (Å²) in [6.07, 6.45) is 2.70. The number of amides is 2. The van der Waals surface area contributed by atoms with Gasteiger partial charge in [0.1, 0.15) is 6.04 Å². The van der Waals surface area contributed by atoms with Crippen LogP contribution in [0.1, 0.15) is 23.7 Å². The first-order valence-electron chi connectivity index (χ1n) is 11.3. The maximum atomic E-state index is 13.5. The molecule has 36 heavy (non-hydrogen) atoms. The summed E-state index contributed by atoms with van der Waals surface area (Å²) in [5.41, 5.74) is 2.19. The van der Waals surface area contributed by atoms with Crippen molar-refractivity contribution < 1.29 is 18.0 Å². The van der Waals surface area contributed by atoms with E-state index in [0.29, 0.717) is 10.7 Å². The highest BCUT2D eigenvalue weighted by Crippen LogP contribution is 2.16. The van der Waals surface area contributed by atoms with E-state index in [2.05, 4.69) is 10.3 Å². The molecule has 8 nitrogen and oxygen atoms in total. The summed E-state index contributed by atoms with van der Waals surface area (Å²) in [7, 11) is -3.70. The first kappa shape index (κ1) is 27.3. The number of carbonyl (C=O) groups excluding carboxylic acids is 2. The molecule has 10 heteroatoms. The molecule has 1 atom stereocenters. The Labute approximate surface area is 217 Å². The predicted octanol–water partition coefficient (Wildman–Crippen LogP) is 3.23. The summed E-state index contributed by atoms with van der Waals surface area (Å²) in [5, 5.41) is 3.35. The maximum absolute atomic E-state index is 13.5. The molecule has 0 saturated heterocycles. The van der Waals surface area contributed by atoms with Crippen molar-refractivity contribution in [1.29, 1.82) is 0 Å². The fourth-order valence-corrected chi connectivity index (χ4v) is 4.37. The van der Waals surface area contributed by atoms with Crippen molar-refractivity contribution in [2.45, 2.75) is 32.6 Å². The lowest BCUT2D eigenvalue weighted by Crippen LogP contribution is -2.50. The molecule has 0 aliphatic rings. The van der Waals surface area contributed by atoms with Gasteiger partial charge in [-0.2, -0.15) is 4.31 Å². The predicted molar refractivity (Wildman–Crippen MR) is 139 cm³/mol. The molecule has 2 aromatic carbocycles. The first-order valence-corrected chi connectivity index (χ1v) is 13.6. The molecule has 1 aromatic heterocycles. The lowest BCUT2D eigenvalue weighted by molar-refractivity contribution is -0.140. The second-order valence-electron chi connectivity index (χ2n) is 8.38. The number of halogens is 1. The van der Waals surface area contributed by atoms with Crippen molar-refractivity contribution in [3.05, 3.63) is 101 Å². The van der Waals surface area contributed by atoms with Crippen LogP contribution in [-0.2, 0) is 39.2 Å². The van der Waals surface area contributed by atoms with Gasteiger partial charge in [0.15, 0.2) is 0 Å². The van der Waals surface area contributed by atoms with Gasteiger partial charge >= 0.3 is 0 Å². The van der Waals surface area contributed by atoms with Crippen LogP contribution in [-0.4, -0.2) is 53.3 Å². The van der Waals surface area contributed by atoms with Gasteiger partial charge in [0.25, 0.3) is 0 Å². The van der Waals surface area contributed by atoms with Crippen molar-refractivity contribution in [2.24, 2.45) is 0 Å². The SMILES string of the molecule is C[C@@H](C(=O)NCc1ccccn1)N(Cc1ccc(Cl)cc1)C(=O)CN(Cc1ccccc1)S(C)(=O)=O. The highest BCUT2D eigenvalue weighted by atomic mass is 35.5. The fourth-order valence-electron chi connectivity index (χ4n) is 3.52. The minimum Gasteiger partial charge on any atom is -0.349 e. The van der Waals surface area contributed by atoms with Crippen molar-refractivity contribution in [2.75, 3.05) is 12.8 Å². The van der Waals surface area contributed by atoms with Crippen LogP contribution >= 0.6 is 11.6 Å².